The molecule has 1 fully saturated rings. The molecule has 2 heterocycles. The minimum absolute atomic E-state index is 0.183. The van der Waals surface area contributed by atoms with Crippen LogP contribution in [0.5, 0.6) is 5.75 Å². The fourth-order valence-corrected chi connectivity index (χ4v) is 5.36. The Morgan fingerprint density at radius 3 is 2.39 bits per heavy atom. The second-order valence-corrected chi connectivity index (χ2v) is 10.0. The quantitative estimate of drug-likeness (QED) is 0.436. The van der Waals surface area contributed by atoms with E-state index in [1.165, 1.54) is 16.8 Å². The monoisotopic (exact) mass is 485 g/mol. The highest BCUT2D eigenvalue weighted by Gasteiger charge is 2.25. The van der Waals surface area contributed by atoms with Crippen LogP contribution in [0.4, 0.5) is 10.1 Å². The number of hydrogen-bond acceptors (Lipinski definition) is 3. The van der Waals surface area contributed by atoms with Crippen molar-refractivity contribution in [1.82, 2.24) is 4.90 Å². The van der Waals surface area contributed by atoms with Gasteiger partial charge in [0.25, 0.3) is 0 Å². The van der Waals surface area contributed by atoms with Gasteiger partial charge in [0.2, 0.25) is 0 Å². The largest absolute Gasteiger partial charge is 0.497 e. The zero-order valence-corrected chi connectivity index (χ0v) is 21.1. The number of hydrogen-bond donors (Lipinski definition) is 1. The number of aryl methyl sites for hydroxylation is 1. The van der Waals surface area contributed by atoms with Gasteiger partial charge in [0, 0.05) is 31.2 Å². The van der Waals surface area contributed by atoms with Crippen LogP contribution < -0.4 is 10.1 Å². The minimum atomic E-state index is -0.183. The number of nitrogens with one attached hydrogen (secondary N) is 1. The highest BCUT2D eigenvalue weighted by molar-refractivity contribution is 5.98. The minimum Gasteiger partial charge on any atom is -0.497 e. The Morgan fingerprint density at radius 2 is 1.64 bits per heavy atom. The van der Waals surface area contributed by atoms with Crippen LogP contribution in [0.25, 0.3) is 0 Å². The molecule has 188 valence electrons. The van der Waals surface area contributed by atoms with Gasteiger partial charge in [0.05, 0.1) is 13.2 Å². The summed E-state index contributed by atoms with van der Waals surface area (Å²) in [5.41, 5.74) is 5.04. The Hall–Kier alpha value is -3.18. The van der Waals surface area contributed by atoms with E-state index in [4.69, 9.17) is 9.73 Å². The number of amidine groups is 1. The number of piperidine rings is 1. The number of ether oxygens (including phenoxy) is 1. The molecule has 1 unspecified atom stereocenters. The van der Waals surface area contributed by atoms with E-state index in [2.05, 4.69) is 46.6 Å². The van der Waals surface area contributed by atoms with E-state index in [-0.39, 0.29) is 5.82 Å². The van der Waals surface area contributed by atoms with Crippen LogP contribution in [-0.4, -0.2) is 43.5 Å². The number of likely N-dealkylation sites (tertiary alicyclic amines) is 1. The summed E-state index contributed by atoms with van der Waals surface area (Å²) >= 11 is 0. The molecule has 4 nitrogen and oxygen atoms in total. The molecule has 2 aliphatic heterocycles. The second-order valence-electron chi connectivity index (χ2n) is 10.0. The van der Waals surface area contributed by atoms with Crippen molar-refractivity contribution >= 4 is 11.5 Å². The number of nitrogens with zero attached hydrogens (tertiary/aromatic N) is 2. The average Bonchev–Trinajstić information content (AvgIpc) is 3.09. The number of benzene rings is 3. The standard InChI is InChI=1S/C31H36FN3O/c1-36-29-14-8-23(9-15-29)16-19-35-20-17-28(18-21-35)33-31-26(22-24-6-12-27(32)13-7-24)11-10-25-4-2-3-5-30(25)34-31/h2-9,12-15,26,28H,10-11,16-22H2,1H3,(H,33,34). The highest BCUT2D eigenvalue weighted by Crippen LogP contribution is 2.28. The van der Waals surface area contributed by atoms with E-state index in [1.54, 1.807) is 19.2 Å². The Kier molecular flexibility index (Phi) is 7.97. The van der Waals surface area contributed by atoms with Crippen LogP contribution in [0.2, 0.25) is 0 Å². The van der Waals surface area contributed by atoms with E-state index >= 15 is 0 Å². The molecule has 5 rings (SSSR count). The summed E-state index contributed by atoms with van der Waals surface area (Å²) in [6.07, 6.45) is 6.16. The lowest BCUT2D eigenvalue weighted by atomic mass is 9.92. The van der Waals surface area contributed by atoms with Gasteiger partial charge in [-0.15, -0.1) is 0 Å². The first-order chi connectivity index (χ1) is 17.7. The first-order valence-electron chi connectivity index (χ1n) is 13.2. The summed E-state index contributed by atoms with van der Waals surface area (Å²) in [6, 6.07) is 24.3. The van der Waals surface area contributed by atoms with Crippen LogP contribution in [0.3, 0.4) is 0 Å². The van der Waals surface area contributed by atoms with Gasteiger partial charge in [-0.3, -0.25) is 4.99 Å². The summed E-state index contributed by atoms with van der Waals surface area (Å²) in [7, 11) is 1.71. The van der Waals surface area contributed by atoms with Gasteiger partial charge in [-0.05, 0) is 85.5 Å². The lowest BCUT2D eigenvalue weighted by molar-refractivity contribution is 0.216. The van der Waals surface area contributed by atoms with Crippen molar-refractivity contribution < 1.29 is 9.13 Å². The molecule has 1 N–H and O–H groups in total. The first-order valence-corrected chi connectivity index (χ1v) is 13.2. The van der Waals surface area contributed by atoms with E-state index < -0.39 is 0 Å². The summed E-state index contributed by atoms with van der Waals surface area (Å²) in [4.78, 5) is 7.87. The van der Waals surface area contributed by atoms with Crippen LogP contribution in [-0.2, 0) is 19.3 Å². The van der Waals surface area contributed by atoms with Crippen LogP contribution in [0.15, 0.2) is 77.8 Å². The maximum Gasteiger partial charge on any atom is 0.123 e. The molecule has 3 aromatic rings. The van der Waals surface area contributed by atoms with Gasteiger partial charge < -0.3 is 15.0 Å². The molecule has 1 atom stereocenters. The van der Waals surface area contributed by atoms with E-state index in [0.29, 0.717) is 12.0 Å². The van der Waals surface area contributed by atoms with Gasteiger partial charge >= 0.3 is 0 Å². The third kappa shape index (κ3) is 6.33. The number of fused-ring (bicyclic) bond motifs is 1. The SMILES string of the molecule is COc1ccc(CCN2CCC(N=C3Nc4ccccc4CCC3Cc3ccc(F)cc3)CC2)cc1. The smallest absolute Gasteiger partial charge is 0.123 e. The van der Waals surface area contributed by atoms with E-state index in [1.807, 2.05) is 24.3 Å². The fraction of sp³-hybridized carbons (Fsp3) is 0.387. The van der Waals surface area contributed by atoms with E-state index in [9.17, 15) is 4.39 Å². The van der Waals surface area contributed by atoms with Gasteiger partial charge in [0.1, 0.15) is 17.4 Å². The van der Waals surface area contributed by atoms with Gasteiger partial charge in [-0.1, -0.05) is 42.5 Å². The number of methoxy groups -OCH3 is 1. The molecule has 36 heavy (non-hydrogen) atoms. The summed E-state index contributed by atoms with van der Waals surface area (Å²) in [6.45, 7) is 3.24. The fourth-order valence-electron chi connectivity index (χ4n) is 5.36. The van der Waals surface area contributed by atoms with Crippen LogP contribution >= 0.6 is 0 Å². The number of rotatable bonds is 7. The zero-order valence-electron chi connectivity index (χ0n) is 21.1. The number of halogens is 1. The molecule has 1 saturated heterocycles. The van der Waals surface area contributed by atoms with Crippen molar-refractivity contribution in [1.29, 1.82) is 0 Å². The maximum atomic E-state index is 13.5. The Labute approximate surface area is 214 Å². The van der Waals surface area contributed by atoms with Crippen molar-refractivity contribution in [3.8, 4) is 5.75 Å². The summed E-state index contributed by atoms with van der Waals surface area (Å²) < 4.78 is 18.7. The molecule has 5 heteroatoms. The van der Waals surface area contributed by atoms with Crippen molar-refractivity contribution in [3.63, 3.8) is 0 Å². The lowest BCUT2D eigenvalue weighted by Crippen LogP contribution is -2.37. The van der Waals surface area contributed by atoms with Crippen molar-refractivity contribution in [2.75, 3.05) is 32.1 Å². The summed E-state index contributed by atoms with van der Waals surface area (Å²) in [5, 5.41) is 3.71. The Balaban J connectivity index is 1.23. The molecule has 0 aromatic heterocycles. The van der Waals surface area contributed by atoms with Crippen molar-refractivity contribution in [2.45, 2.75) is 44.6 Å². The molecule has 0 bridgehead atoms. The van der Waals surface area contributed by atoms with Gasteiger partial charge in [0.15, 0.2) is 0 Å². The molecular formula is C31H36FN3O. The molecule has 0 amide bonds. The van der Waals surface area contributed by atoms with Gasteiger partial charge in [-0.25, -0.2) is 4.39 Å². The second kappa shape index (κ2) is 11.7. The predicted octanol–water partition coefficient (Wildman–Crippen LogP) is 6.16. The van der Waals surface area contributed by atoms with Crippen LogP contribution in [0, 0.1) is 11.7 Å². The zero-order chi connectivity index (χ0) is 24.7. The average molecular weight is 486 g/mol. The topological polar surface area (TPSA) is 36.9 Å². The molecule has 0 spiro atoms. The Morgan fingerprint density at radius 1 is 0.917 bits per heavy atom. The van der Waals surface area contributed by atoms with Crippen molar-refractivity contribution in [2.24, 2.45) is 10.9 Å². The summed E-state index contributed by atoms with van der Waals surface area (Å²) in [5.74, 6) is 2.13. The third-order valence-corrected chi connectivity index (χ3v) is 7.58. The molecular weight excluding hydrogens is 449 g/mol. The number of anilines is 1. The van der Waals surface area contributed by atoms with Crippen molar-refractivity contribution in [3.05, 3.63) is 95.3 Å². The molecule has 0 aliphatic carbocycles. The molecule has 2 aliphatic rings. The number of para-hydroxylation sites is 1. The predicted molar refractivity (Wildman–Crippen MR) is 146 cm³/mol. The Bertz CT molecular complexity index is 1150. The molecule has 0 radical (unpaired) electrons. The normalized spacial score (nSPS) is 19.9. The lowest BCUT2D eigenvalue weighted by Gasteiger charge is -2.31. The molecule has 0 saturated carbocycles. The molecule has 3 aromatic carbocycles. The van der Waals surface area contributed by atoms with Gasteiger partial charge in [-0.2, -0.15) is 0 Å². The van der Waals surface area contributed by atoms with Crippen LogP contribution in [0.1, 0.15) is 36.0 Å². The number of aliphatic imine (C=N–C) groups is 1. The van der Waals surface area contributed by atoms with E-state index in [0.717, 1.165) is 75.3 Å². The highest BCUT2D eigenvalue weighted by atomic mass is 19.1. The maximum absolute atomic E-state index is 13.5. The first kappa shape index (κ1) is 24.5. The third-order valence-electron chi connectivity index (χ3n) is 7.58.